The second-order valence-corrected chi connectivity index (χ2v) is 5.71. The number of carbonyl (C=O) groups is 2. The fourth-order valence-corrected chi connectivity index (χ4v) is 2.96. The molecule has 1 unspecified atom stereocenters. The third-order valence-corrected chi connectivity index (χ3v) is 4.26. The van der Waals surface area contributed by atoms with Crippen molar-refractivity contribution in [1.82, 2.24) is 5.32 Å². The number of amides is 2. The second-order valence-electron chi connectivity index (χ2n) is 4.76. The number of nitrogens with one attached hydrogen (secondary N) is 1. The first-order valence-corrected chi connectivity index (χ1v) is 7.44. The van der Waals surface area contributed by atoms with Crippen LogP contribution >= 0.6 is 11.3 Å². The van der Waals surface area contributed by atoms with E-state index in [0.29, 0.717) is 23.5 Å². The lowest BCUT2D eigenvalue weighted by Gasteiger charge is -2.17. The largest absolute Gasteiger partial charge is 0.339 e. The molecule has 1 aromatic carbocycles. The fourth-order valence-electron chi connectivity index (χ4n) is 2.33. The normalized spacial score (nSPS) is 18.0. The van der Waals surface area contributed by atoms with Crippen LogP contribution in [0.15, 0.2) is 41.8 Å². The molecular weight excluding hydrogens is 291 g/mol. The summed E-state index contributed by atoms with van der Waals surface area (Å²) in [5, 5.41) is 4.56. The molecule has 6 heteroatoms. The average molecular weight is 304 g/mol. The number of anilines is 1. The molecule has 0 bridgehead atoms. The van der Waals surface area contributed by atoms with E-state index in [1.807, 2.05) is 5.38 Å². The first-order valence-electron chi connectivity index (χ1n) is 6.56. The molecule has 2 heterocycles. The minimum absolute atomic E-state index is 0.161. The van der Waals surface area contributed by atoms with Crippen molar-refractivity contribution in [3.05, 3.63) is 52.5 Å². The van der Waals surface area contributed by atoms with E-state index in [1.165, 1.54) is 23.5 Å². The van der Waals surface area contributed by atoms with Crippen molar-refractivity contribution in [1.29, 1.82) is 0 Å². The molecule has 1 fully saturated rings. The molecule has 1 saturated heterocycles. The Hall–Kier alpha value is -2.21. The van der Waals surface area contributed by atoms with Gasteiger partial charge in [-0.25, -0.2) is 4.39 Å². The predicted molar refractivity (Wildman–Crippen MR) is 78.9 cm³/mol. The van der Waals surface area contributed by atoms with Gasteiger partial charge in [-0.15, -0.1) is 11.3 Å². The van der Waals surface area contributed by atoms with Crippen LogP contribution in [0.4, 0.5) is 10.1 Å². The summed E-state index contributed by atoms with van der Waals surface area (Å²) in [6, 6.07) is 8.76. The van der Waals surface area contributed by atoms with Crippen molar-refractivity contribution in [2.45, 2.75) is 12.5 Å². The van der Waals surface area contributed by atoms with E-state index < -0.39 is 6.04 Å². The zero-order valence-corrected chi connectivity index (χ0v) is 11.9. The highest BCUT2D eigenvalue weighted by Crippen LogP contribution is 2.22. The maximum Gasteiger partial charge on any atom is 0.261 e. The van der Waals surface area contributed by atoms with Gasteiger partial charge < -0.3 is 10.2 Å². The lowest BCUT2D eigenvalue weighted by molar-refractivity contribution is -0.118. The van der Waals surface area contributed by atoms with Gasteiger partial charge in [0.05, 0.1) is 4.88 Å². The Morgan fingerprint density at radius 3 is 2.71 bits per heavy atom. The van der Waals surface area contributed by atoms with Gasteiger partial charge in [-0.2, -0.15) is 0 Å². The Morgan fingerprint density at radius 2 is 2.05 bits per heavy atom. The van der Waals surface area contributed by atoms with Crippen LogP contribution in [0.2, 0.25) is 0 Å². The van der Waals surface area contributed by atoms with Gasteiger partial charge in [-0.1, -0.05) is 6.07 Å². The Bertz CT molecular complexity index is 655. The second kappa shape index (κ2) is 5.65. The maximum atomic E-state index is 12.9. The first kappa shape index (κ1) is 13.8. The van der Waals surface area contributed by atoms with Gasteiger partial charge in [0.1, 0.15) is 11.9 Å². The summed E-state index contributed by atoms with van der Waals surface area (Å²) in [7, 11) is 0. The monoisotopic (exact) mass is 304 g/mol. The van der Waals surface area contributed by atoms with Crippen LogP contribution in [0.3, 0.4) is 0 Å². The predicted octanol–water partition coefficient (Wildman–Crippen LogP) is 2.42. The maximum absolute atomic E-state index is 12.9. The topological polar surface area (TPSA) is 49.4 Å². The highest BCUT2D eigenvalue weighted by Gasteiger charge is 2.33. The van der Waals surface area contributed by atoms with Crippen LogP contribution in [0, 0.1) is 5.82 Å². The molecule has 2 amide bonds. The summed E-state index contributed by atoms with van der Waals surface area (Å²) in [5.74, 6) is -0.733. The summed E-state index contributed by atoms with van der Waals surface area (Å²) in [6.07, 6.45) is 0.549. The van der Waals surface area contributed by atoms with Gasteiger partial charge in [0.25, 0.3) is 5.91 Å². The molecule has 4 nitrogen and oxygen atoms in total. The number of nitrogens with zero attached hydrogens (tertiary/aromatic N) is 1. The van der Waals surface area contributed by atoms with Crippen molar-refractivity contribution in [2.24, 2.45) is 0 Å². The van der Waals surface area contributed by atoms with E-state index in [9.17, 15) is 14.0 Å². The molecule has 21 heavy (non-hydrogen) atoms. The summed E-state index contributed by atoms with van der Waals surface area (Å²) >= 11 is 1.34. The minimum atomic E-state index is -0.523. The standard InChI is InChI=1S/C15H13FN2O2S/c16-10-3-5-11(6-4-10)18-8-7-12(15(18)20)17-14(19)13-2-1-9-21-13/h1-6,9,12H,7-8H2,(H,17,19). The fraction of sp³-hybridized carbons (Fsp3) is 0.200. The summed E-state index contributed by atoms with van der Waals surface area (Å²) in [6.45, 7) is 0.514. The smallest absolute Gasteiger partial charge is 0.261 e. The third kappa shape index (κ3) is 2.80. The van der Waals surface area contributed by atoms with Crippen LogP contribution in [0.1, 0.15) is 16.1 Å². The lowest BCUT2D eigenvalue weighted by atomic mass is 10.2. The summed E-state index contributed by atoms with van der Waals surface area (Å²) in [5.41, 5.74) is 0.647. The zero-order valence-electron chi connectivity index (χ0n) is 11.1. The van der Waals surface area contributed by atoms with E-state index in [-0.39, 0.29) is 17.6 Å². The number of thiophene rings is 1. The molecule has 1 aliphatic heterocycles. The third-order valence-electron chi connectivity index (χ3n) is 3.39. The molecule has 1 aromatic heterocycles. The minimum Gasteiger partial charge on any atom is -0.339 e. The van der Waals surface area contributed by atoms with Gasteiger partial charge in [-0.3, -0.25) is 9.59 Å². The summed E-state index contributed by atoms with van der Waals surface area (Å²) in [4.78, 5) is 26.4. The van der Waals surface area contributed by atoms with Crippen molar-refractivity contribution in [3.8, 4) is 0 Å². The lowest BCUT2D eigenvalue weighted by Crippen LogP contribution is -2.41. The Kier molecular flexibility index (Phi) is 3.70. The van der Waals surface area contributed by atoms with Gasteiger partial charge in [0.2, 0.25) is 5.91 Å². The molecule has 0 aliphatic carbocycles. The molecule has 1 atom stereocenters. The van der Waals surface area contributed by atoms with Gasteiger partial charge in [0.15, 0.2) is 0 Å². The van der Waals surface area contributed by atoms with E-state index in [0.717, 1.165) is 0 Å². The van der Waals surface area contributed by atoms with Crippen molar-refractivity contribution in [2.75, 3.05) is 11.4 Å². The van der Waals surface area contributed by atoms with Gasteiger partial charge in [-0.05, 0) is 42.1 Å². The number of rotatable bonds is 3. The van der Waals surface area contributed by atoms with Crippen LogP contribution in [0.25, 0.3) is 0 Å². The number of benzene rings is 1. The average Bonchev–Trinajstić information content (AvgIpc) is 3.11. The Balaban J connectivity index is 1.69. The Morgan fingerprint density at radius 1 is 1.29 bits per heavy atom. The summed E-state index contributed by atoms with van der Waals surface area (Å²) < 4.78 is 12.9. The van der Waals surface area contributed by atoms with E-state index in [4.69, 9.17) is 0 Å². The zero-order chi connectivity index (χ0) is 14.8. The van der Waals surface area contributed by atoms with Crippen LogP contribution in [0.5, 0.6) is 0 Å². The quantitative estimate of drug-likeness (QED) is 0.947. The molecule has 1 N–H and O–H groups in total. The van der Waals surface area contributed by atoms with Crippen molar-refractivity contribution >= 4 is 28.8 Å². The number of hydrogen-bond acceptors (Lipinski definition) is 3. The Labute approximate surface area is 125 Å². The van der Waals surface area contributed by atoms with E-state index in [2.05, 4.69) is 5.32 Å². The number of halogens is 1. The number of hydrogen-bond donors (Lipinski definition) is 1. The molecular formula is C15H13FN2O2S. The van der Waals surface area contributed by atoms with E-state index >= 15 is 0 Å². The van der Waals surface area contributed by atoms with Crippen molar-refractivity contribution in [3.63, 3.8) is 0 Å². The highest BCUT2D eigenvalue weighted by atomic mass is 32.1. The van der Waals surface area contributed by atoms with Crippen LogP contribution in [-0.4, -0.2) is 24.4 Å². The van der Waals surface area contributed by atoms with Gasteiger partial charge in [0, 0.05) is 12.2 Å². The SMILES string of the molecule is O=C(NC1CCN(c2ccc(F)cc2)C1=O)c1cccs1. The first-order chi connectivity index (χ1) is 10.1. The molecule has 2 aromatic rings. The molecule has 0 saturated carbocycles. The van der Waals surface area contributed by atoms with Crippen LogP contribution < -0.4 is 10.2 Å². The van der Waals surface area contributed by atoms with E-state index in [1.54, 1.807) is 29.2 Å². The number of carbonyl (C=O) groups excluding carboxylic acids is 2. The molecule has 0 spiro atoms. The molecule has 108 valence electrons. The molecule has 3 rings (SSSR count). The van der Waals surface area contributed by atoms with Gasteiger partial charge >= 0.3 is 0 Å². The van der Waals surface area contributed by atoms with Crippen molar-refractivity contribution < 1.29 is 14.0 Å². The molecule has 0 radical (unpaired) electrons. The van der Waals surface area contributed by atoms with Crippen LogP contribution in [-0.2, 0) is 4.79 Å². The highest BCUT2D eigenvalue weighted by molar-refractivity contribution is 7.12. The molecule has 1 aliphatic rings.